The van der Waals surface area contributed by atoms with Crippen LogP contribution < -0.4 is 9.47 Å². The molecule has 0 unspecified atom stereocenters. The first kappa shape index (κ1) is 90.1. The van der Waals surface area contributed by atoms with Gasteiger partial charge in [-0.25, -0.2) is 0 Å². The second-order valence-corrected chi connectivity index (χ2v) is 35.1. The molecule has 37 heteroatoms. The van der Waals surface area contributed by atoms with Crippen molar-refractivity contribution >= 4 is 51.0 Å². The smallest absolute Gasteiger partial charge is 0.232 e. The van der Waals surface area contributed by atoms with Gasteiger partial charge in [-0.1, -0.05) is 26.7 Å². The van der Waals surface area contributed by atoms with Crippen LogP contribution in [0.2, 0.25) is 0 Å². The molecule has 0 amide bonds. The normalized spacial score (nSPS) is 43.2. The number of aliphatic hydroxyl groups excluding tert-OH is 6. The van der Waals surface area contributed by atoms with E-state index in [1.807, 2.05) is 0 Å². The largest absolute Gasteiger partial charge is 0.507 e. The zero-order valence-corrected chi connectivity index (χ0v) is 70.0. The summed E-state index contributed by atoms with van der Waals surface area (Å²) in [5.41, 5.74) is -21.6. The number of allylic oxidation sites excluding steroid dienone is 2. The number of methoxy groups -OCH3 is 3. The summed E-state index contributed by atoms with van der Waals surface area (Å²) in [5.74, 6) is -17.3. The van der Waals surface area contributed by atoms with Crippen LogP contribution in [-0.2, 0) is 82.3 Å². The molecule has 7 aliphatic heterocycles. The Hall–Kier alpha value is -6.68. The van der Waals surface area contributed by atoms with Gasteiger partial charge in [0.2, 0.25) is 23.1 Å². The summed E-state index contributed by atoms with van der Waals surface area (Å²) in [7, 11) is 3.09. The van der Waals surface area contributed by atoms with Crippen LogP contribution in [0.25, 0.3) is 16.3 Å². The predicted octanol–water partition coefficient (Wildman–Crippen LogP) is 2.40. The summed E-state index contributed by atoms with van der Waals surface area (Å²) in [6.45, 7) is 15.1. The average molecular weight is 1730 g/mol. The number of rotatable bonds is 22. The molecule has 674 valence electrons. The topological polar surface area (TPSA) is 554 Å². The van der Waals surface area contributed by atoms with Crippen molar-refractivity contribution in [2.75, 3.05) is 21.3 Å². The Morgan fingerprint density at radius 2 is 0.959 bits per heavy atom. The van der Waals surface area contributed by atoms with Crippen LogP contribution in [0, 0.1) is 11.8 Å². The Morgan fingerprint density at radius 1 is 0.484 bits per heavy atom. The van der Waals surface area contributed by atoms with E-state index in [4.69, 9.17) is 75.8 Å². The molecule has 15 N–H and O–H groups in total. The van der Waals surface area contributed by atoms with Gasteiger partial charge in [0, 0.05) is 55.4 Å². The Kier molecular flexibility index (Phi) is 24.3. The third-order valence-electron chi connectivity index (χ3n) is 28.3. The first-order chi connectivity index (χ1) is 57.5. The molecule has 0 radical (unpaired) electrons. The number of carbonyl (C=O) groups is 6. The van der Waals surface area contributed by atoms with Gasteiger partial charge in [-0.05, 0) is 112 Å². The minimum Gasteiger partial charge on any atom is -0.507 e. The van der Waals surface area contributed by atoms with Gasteiger partial charge in [0.25, 0.3) is 0 Å². The summed E-state index contributed by atoms with van der Waals surface area (Å²) in [6.07, 6.45) is -35.1. The molecule has 5 aliphatic carbocycles. The highest BCUT2D eigenvalue weighted by molar-refractivity contribution is 6.43. The summed E-state index contributed by atoms with van der Waals surface area (Å²) < 4.78 is 101. The molecule has 122 heavy (non-hydrogen) atoms. The Morgan fingerprint density at radius 3 is 1.44 bits per heavy atom. The number of carbonyl (C=O) groups excluding carboxylic acids is 6. The number of ether oxygens (including phenoxy) is 16. The van der Waals surface area contributed by atoms with Crippen LogP contribution in [0.4, 0.5) is 0 Å². The van der Waals surface area contributed by atoms with Crippen molar-refractivity contribution in [2.45, 2.75) is 353 Å². The summed E-state index contributed by atoms with van der Waals surface area (Å²) in [5, 5.41) is 185. The molecule has 0 spiro atoms. The van der Waals surface area contributed by atoms with E-state index in [1.54, 1.807) is 41.5 Å². The van der Waals surface area contributed by atoms with Gasteiger partial charge in [-0.15, -0.1) is 0 Å². The van der Waals surface area contributed by atoms with Gasteiger partial charge in [0.15, 0.2) is 77.8 Å². The predicted molar refractivity (Wildman–Crippen MR) is 412 cm³/mol. The molecule has 0 aromatic heterocycles. The van der Waals surface area contributed by atoms with E-state index in [-0.39, 0.29) is 81.6 Å². The number of ketones is 6. The highest BCUT2D eigenvalue weighted by Crippen LogP contribution is 2.69. The van der Waals surface area contributed by atoms with Crippen molar-refractivity contribution in [3.8, 4) is 34.5 Å². The van der Waals surface area contributed by atoms with Crippen LogP contribution in [0.15, 0.2) is 11.8 Å². The second-order valence-electron chi connectivity index (χ2n) is 35.1. The van der Waals surface area contributed by atoms with Crippen LogP contribution in [0.3, 0.4) is 0 Å². The number of aliphatic hydroxyl groups is 11. The van der Waals surface area contributed by atoms with Crippen LogP contribution in [0.1, 0.15) is 223 Å². The fraction of sp³-hybridized carbons (Fsp3) is 0.718. The molecule has 4 bridgehead atoms. The van der Waals surface area contributed by atoms with Crippen LogP contribution in [0.5, 0.6) is 34.5 Å². The van der Waals surface area contributed by atoms with Gasteiger partial charge >= 0.3 is 0 Å². The molecule has 2 saturated carbocycles. The van der Waals surface area contributed by atoms with Crippen molar-refractivity contribution in [3.63, 3.8) is 0 Å². The van der Waals surface area contributed by atoms with E-state index in [2.05, 4.69) is 0 Å². The van der Waals surface area contributed by atoms with Crippen LogP contribution >= 0.6 is 0 Å². The van der Waals surface area contributed by atoms with E-state index in [9.17, 15) is 86.2 Å². The van der Waals surface area contributed by atoms with Gasteiger partial charge in [0.1, 0.15) is 82.0 Å². The zero-order chi connectivity index (χ0) is 88.5. The maximum absolute atomic E-state index is 16.4. The molecule has 9 fully saturated rings. The Balaban J connectivity index is 0.798. The molecule has 3 aromatic carbocycles. The zero-order valence-electron chi connectivity index (χ0n) is 70.0. The molecular formula is C85H112O37. The Bertz CT molecular complexity index is 4640. The minimum absolute atomic E-state index is 0.0101. The van der Waals surface area contributed by atoms with Gasteiger partial charge in [-0.3, -0.25) is 28.8 Å². The average Bonchev–Trinajstić information content (AvgIpc) is 1.52. The molecule has 33 atom stereocenters. The monoisotopic (exact) mass is 1720 g/mol. The van der Waals surface area contributed by atoms with Gasteiger partial charge < -0.3 is 152 Å². The van der Waals surface area contributed by atoms with Crippen molar-refractivity contribution < 1.29 is 181 Å². The van der Waals surface area contributed by atoms with E-state index in [1.165, 1.54) is 33.8 Å². The number of hydrogen-bond acceptors (Lipinski definition) is 37. The lowest BCUT2D eigenvalue weighted by Crippen LogP contribution is -2.80. The highest BCUT2D eigenvalue weighted by Gasteiger charge is 2.82. The molecule has 7 heterocycles. The summed E-state index contributed by atoms with van der Waals surface area (Å²) >= 11 is 0. The fourth-order valence-corrected chi connectivity index (χ4v) is 21.7. The third kappa shape index (κ3) is 13.6. The highest BCUT2D eigenvalue weighted by atomic mass is 16.8. The lowest BCUT2D eigenvalue weighted by Gasteiger charge is -2.60. The van der Waals surface area contributed by atoms with E-state index < -0.39 is 344 Å². The van der Waals surface area contributed by atoms with E-state index >= 15 is 19.2 Å². The minimum atomic E-state index is -3.21. The quantitative estimate of drug-likeness (QED) is 0.0642. The van der Waals surface area contributed by atoms with Gasteiger partial charge in [0.05, 0.1) is 145 Å². The van der Waals surface area contributed by atoms with Crippen LogP contribution in [-0.4, -0.2) is 314 Å². The molecule has 37 nitrogen and oxygen atoms in total. The van der Waals surface area contributed by atoms with Crippen molar-refractivity contribution in [1.82, 2.24) is 0 Å². The standard InChI is InChI=1S/C85H112O37/c1-14-22-82(104)78(120-45-18-16-43(30(3)110-45)116-47-20-24-80(102,34(7)86)36(9)114-47)68(98)71(118-49-28-41(88)60(90)32(5)112-49)40-27-38-26-39-52(62(92)51(38)76(100)84(40,82)105)63(93)56(74(109-13)70(39)107-11)55-64(94)53-54(67(97)73(55)108-12)65(95)57-58(66(53)96)77(101)85(106)59-72(57)122-83(85,23-15-2)79(69(99)75(59)119-50-29-42(89)61(91)33(6)113-50)121-46-19-17-44(31(4)111-46)117-48-21-25-81(103,35(8)87)37(10)115-48/h26,30-33,36-37,40-50,59-61,68-69,71-72,75,78-79,88-93,95-96,98-99,102-106H,14-25,27-29H2,1-13H3/t30-,31+,32+,33+,36-,37+,40-,41-,42-,43-,44-,45+,46+,47-,48+,49-,50+,59+,60-,61-,68+,69+,71-,72-,75-,78-,79-,80+,81+,82+,83-,84+,85+/m1/s1. The molecule has 12 aliphatic rings. The van der Waals surface area contributed by atoms with Gasteiger partial charge in [-0.2, -0.15) is 0 Å². The number of hydrogen-bond donors (Lipinski definition) is 15. The van der Waals surface area contributed by atoms with E-state index in [0.29, 0.717) is 0 Å². The SMILES string of the molecule is CCC[C@]1(O)[C@H](O[C@H]2CC[C@@H](O[C@@H]3CC[C@](O)(C(C)=O)[C@@H](C)O3)[C@@H](C)O2)[C@@H](O)[C@H](O[C@@H]2C[C@@H](O)[C@H](O)[C@H](C)O2)[C@H]2Cc3cc4c(OC)c(OC)c(C5=C(OC)C(=O)c6c(O)c7c(c(O)c6C5=O)C(=O)[C@@]5(O)[C@@H]6[C@@H](O[C@H]8C[C@@H](O)[C@H](O)[C@H](C)O8)[C@H](O)[C@@H](O[C@H]8CC[C@@H](O[C@H]9CC[C@](O)(C(C)=O)[C@H](C)O9)[C@H](C)O8)[C@@]5(CCC)O[C@H]76)c(O)c4c(O)c3C(=O)[C@@]21O. The number of aromatic hydroxyl groups is 4. The first-order valence-corrected chi connectivity index (χ1v) is 42.0. The molecular weight excluding hydrogens is 1610 g/mol. The lowest BCUT2D eigenvalue weighted by molar-refractivity contribution is -0.358. The third-order valence-corrected chi connectivity index (χ3v) is 28.3. The lowest BCUT2D eigenvalue weighted by atomic mass is 9.53. The number of phenols is 4. The molecule has 15 rings (SSSR count). The maximum atomic E-state index is 16.4. The first-order valence-electron chi connectivity index (χ1n) is 42.0. The summed E-state index contributed by atoms with van der Waals surface area (Å²) in [4.78, 5) is 89.5. The maximum Gasteiger partial charge on any atom is 0.232 e. The number of benzene rings is 3. The molecule has 7 saturated heterocycles. The van der Waals surface area contributed by atoms with Crippen molar-refractivity contribution in [1.29, 1.82) is 0 Å². The second kappa shape index (κ2) is 32.9. The number of fused-ring (bicyclic) bond motifs is 6. The fourth-order valence-electron chi connectivity index (χ4n) is 21.7. The number of Topliss-reactive ketones (excluding diaryl/α,β-unsaturated/α-hetero) is 6. The Labute approximate surface area is 700 Å². The molecule has 3 aromatic rings. The van der Waals surface area contributed by atoms with Crippen molar-refractivity contribution in [2.24, 2.45) is 11.8 Å². The summed E-state index contributed by atoms with van der Waals surface area (Å²) in [6, 6.07) is 1.25. The number of phenolic OH excluding ortho intramolecular Hbond substituents is 4. The van der Waals surface area contributed by atoms with Crippen molar-refractivity contribution in [3.05, 3.63) is 50.8 Å². The van der Waals surface area contributed by atoms with E-state index in [0.717, 1.165) is 21.3 Å².